The number of carbonyl (C=O) groups excluding carboxylic acids is 3. The average Bonchev–Trinajstić information content (AvgIpc) is 3.01. The molecule has 1 aliphatic rings. The van der Waals surface area contributed by atoms with Gasteiger partial charge in [-0.3, -0.25) is 9.59 Å². The van der Waals surface area contributed by atoms with Crippen LogP contribution in [0.3, 0.4) is 0 Å². The third kappa shape index (κ3) is 4.45. The van der Waals surface area contributed by atoms with Gasteiger partial charge in [-0.05, 0) is 86.8 Å². The fourth-order valence-corrected chi connectivity index (χ4v) is 3.85. The molecule has 0 fully saturated rings. The fraction of sp³-hybridized carbons (Fsp3) is 0.148. The number of benzene rings is 3. The molecule has 0 radical (unpaired) electrons. The molecule has 1 heterocycles. The maximum atomic E-state index is 12.9. The van der Waals surface area contributed by atoms with E-state index in [0.717, 1.165) is 27.2 Å². The lowest BCUT2D eigenvalue weighted by Gasteiger charge is -2.15. The molecular weight excluding hydrogens is 452 g/mol. The summed E-state index contributed by atoms with van der Waals surface area (Å²) in [6, 6.07) is 17.3. The van der Waals surface area contributed by atoms with Crippen molar-refractivity contribution in [2.24, 2.45) is 0 Å². The smallest absolute Gasteiger partial charge is 0.343 e. The Morgan fingerprint density at radius 1 is 0.853 bits per heavy atom. The third-order valence-corrected chi connectivity index (χ3v) is 6.03. The zero-order valence-corrected chi connectivity index (χ0v) is 20.0. The number of imide groups is 1. The summed E-state index contributed by atoms with van der Waals surface area (Å²) in [5.74, 6) is -1.11. The van der Waals surface area contributed by atoms with Gasteiger partial charge in [-0.2, -0.15) is 0 Å². The quantitative estimate of drug-likeness (QED) is 0.297. The van der Waals surface area contributed by atoms with Crippen LogP contribution < -0.4 is 15.0 Å². The lowest BCUT2D eigenvalue weighted by molar-refractivity contribution is -0.120. The number of hydrogen-bond donors (Lipinski definition) is 1. The van der Waals surface area contributed by atoms with Gasteiger partial charge in [0.05, 0.1) is 11.3 Å². The lowest BCUT2D eigenvalue weighted by Crippen LogP contribution is -2.32. The molecule has 0 unspecified atom stereocenters. The highest BCUT2D eigenvalue weighted by Crippen LogP contribution is 2.30. The minimum absolute atomic E-state index is 0.0200. The molecule has 7 heteroatoms. The number of amides is 2. The summed E-state index contributed by atoms with van der Waals surface area (Å²) in [7, 11) is 0. The van der Waals surface area contributed by atoms with E-state index >= 15 is 0 Å². The second-order valence-corrected chi connectivity index (χ2v) is 8.65. The Bertz CT molecular complexity index is 1340. The van der Waals surface area contributed by atoms with Crippen LogP contribution in [-0.4, -0.2) is 17.8 Å². The Hall–Kier alpha value is -3.90. The highest BCUT2D eigenvalue weighted by atomic mass is 35.5. The van der Waals surface area contributed by atoms with E-state index in [9.17, 15) is 14.4 Å². The van der Waals surface area contributed by atoms with Gasteiger partial charge in [0.2, 0.25) is 0 Å². The van der Waals surface area contributed by atoms with Crippen molar-refractivity contribution in [3.63, 3.8) is 0 Å². The average molecular weight is 475 g/mol. The van der Waals surface area contributed by atoms with Crippen LogP contribution in [0.2, 0.25) is 0 Å². The molecule has 34 heavy (non-hydrogen) atoms. The molecule has 0 atom stereocenters. The largest absolute Gasteiger partial charge is 0.423 e. The molecule has 0 saturated carbocycles. The van der Waals surface area contributed by atoms with E-state index < -0.39 is 17.8 Å². The molecule has 0 aliphatic carbocycles. The monoisotopic (exact) mass is 474 g/mol. The van der Waals surface area contributed by atoms with E-state index in [1.165, 1.54) is 0 Å². The molecule has 0 bridgehead atoms. The second kappa shape index (κ2) is 9.15. The summed E-state index contributed by atoms with van der Waals surface area (Å²) in [6.45, 7) is 7.73. The molecule has 4 rings (SSSR count). The number of rotatable bonds is 5. The molecule has 1 aliphatic heterocycles. The molecule has 3 aromatic carbocycles. The topological polar surface area (TPSA) is 75.7 Å². The first kappa shape index (κ1) is 23.3. The standard InChI is InChI=1S/C27H23ClN2O4/c1-15-5-11-21(12-6-15)30-25(31)23(28)24(26(30)32)29-20-9-7-19(8-10-20)27(33)34-22-14-16(2)13-17(3)18(22)4/h5-14,29H,1-4H3. The maximum Gasteiger partial charge on any atom is 0.343 e. The van der Waals surface area contributed by atoms with Gasteiger partial charge >= 0.3 is 5.97 Å². The highest BCUT2D eigenvalue weighted by molar-refractivity contribution is 6.53. The first-order valence-corrected chi connectivity index (χ1v) is 11.1. The van der Waals surface area contributed by atoms with E-state index in [-0.39, 0.29) is 10.7 Å². The van der Waals surface area contributed by atoms with Crippen LogP contribution in [0, 0.1) is 27.7 Å². The number of halogens is 1. The lowest BCUT2D eigenvalue weighted by atomic mass is 10.1. The van der Waals surface area contributed by atoms with Crippen LogP contribution in [0.5, 0.6) is 5.75 Å². The molecule has 172 valence electrons. The summed E-state index contributed by atoms with van der Waals surface area (Å²) >= 11 is 6.19. The Balaban J connectivity index is 1.49. The predicted molar refractivity (Wildman–Crippen MR) is 132 cm³/mol. The highest BCUT2D eigenvalue weighted by Gasteiger charge is 2.38. The molecule has 0 saturated heterocycles. The van der Waals surface area contributed by atoms with Crippen LogP contribution >= 0.6 is 11.6 Å². The Morgan fingerprint density at radius 3 is 2.15 bits per heavy atom. The molecule has 6 nitrogen and oxygen atoms in total. The van der Waals surface area contributed by atoms with E-state index in [1.807, 2.05) is 52.0 Å². The van der Waals surface area contributed by atoms with Crippen molar-refractivity contribution >= 4 is 40.8 Å². The third-order valence-electron chi connectivity index (χ3n) is 5.68. The summed E-state index contributed by atoms with van der Waals surface area (Å²) in [5, 5.41) is 2.71. The van der Waals surface area contributed by atoms with E-state index in [1.54, 1.807) is 36.4 Å². The number of esters is 1. The van der Waals surface area contributed by atoms with Crippen molar-refractivity contribution in [3.05, 3.63) is 99.2 Å². The second-order valence-electron chi connectivity index (χ2n) is 8.27. The minimum Gasteiger partial charge on any atom is -0.423 e. The molecule has 0 aromatic heterocycles. The van der Waals surface area contributed by atoms with E-state index in [0.29, 0.717) is 22.7 Å². The van der Waals surface area contributed by atoms with Crippen LogP contribution in [0.25, 0.3) is 0 Å². The van der Waals surface area contributed by atoms with Gasteiger partial charge in [0, 0.05) is 5.69 Å². The summed E-state index contributed by atoms with van der Waals surface area (Å²) < 4.78 is 5.59. The van der Waals surface area contributed by atoms with Crippen LogP contribution in [0.1, 0.15) is 32.6 Å². The van der Waals surface area contributed by atoms with Gasteiger partial charge < -0.3 is 10.1 Å². The van der Waals surface area contributed by atoms with Gasteiger partial charge in [0.15, 0.2) is 0 Å². The predicted octanol–water partition coefficient (Wildman–Crippen LogP) is 5.58. The number of ether oxygens (including phenoxy) is 1. The number of aryl methyl sites for hydroxylation is 3. The minimum atomic E-state index is -0.595. The van der Waals surface area contributed by atoms with Crippen molar-refractivity contribution in [1.82, 2.24) is 0 Å². The van der Waals surface area contributed by atoms with Gasteiger partial charge in [0.1, 0.15) is 16.5 Å². The van der Waals surface area contributed by atoms with Gasteiger partial charge in [-0.15, -0.1) is 0 Å². The zero-order valence-electron chi connectivity index (χ0n) is 19.2. The summed E-state index contributed by atoms with van der Waals surface area (Å²) in [6.07, 6.45) is 0. The number of nitrogens with one attached hydrogen (secondary N) is 1. The Kier molecular flexibility index (Phi) is 6.26. The molecule has 3 aromatic rings. The van der Waals surface area contributed by atoms with Crippen molar-refractivity contribution in [2.45, 2.75) is 27.7 Å². The normalized spacial score (nSPS) is 13.5. The fourth-order valence-electron chi connectivity index (χ4n) is 3.64. The van der Waals surface area contributed by atoms with Crippen molar-refractivity contribution in [2.75, 3.05) is 10.2 Å². The zero-order chi connectivity index (χ0) is 24.6. The number of nitrogens with zero attached hydrogens (tertiary/aromatic N) is 1. The summed E-state index contributed by atoms with van der Waals surface area (Å²) in [4.78, 5) is 39.2. The van der Waals surface area contributed by atoms with Gasteiger partial charge in [-0.25, -0.2) is 9.69 Å². The van der Waals surface area contributed by atoms with Crippen molar-refractivity contribution in [1.29, 1.82) is 0 Å². The van der Waals surface area contributed by atoms with Gasteiger partial charge in [-0.1, -0.05) is 35.4 Å². The van der Waals surface area contributed by atoms with Crippen LogP contribution in [0.4, 0.5) is 11.4 Å². The van der Waals surface area contributed by atoms with E-state index in [4.69, 9.17) is 16.3 Å². The van der Waals surface area contributed by atoms with Crippen LogP contribution in [0.15, 0.2) is 71.4 Å². The Labute approximate surface area is 202 Å². The first-order chi connectivity index (χ1) is 16.2. The SMILES string of the molecule is Cc1ccc(N2C(=O)C(Cl)=C(Nc3ccc(C(=O)Oc4cc(C)cc(C)c4C)cc3)C2=O)cc1. The first-order valence-electron chi connectivity index (χ1n) is 10.7. The number of carbonyl (C=O) groups is 3. The Morgan fingerprint density at radius 2 is 1.50 bits per heavy atom. The summed E-state index contributed by atoms with van der Waals surface area (Å²) in [5.41, 5.74) is 5.23. The molecular formula is C27H23ClN2O4. The molecule has 2 amide bonds. The van der Waals surface area contributed by atoms with Gasteiger partial charge in [0.25, 0.3) is 11.8 Å². The number of hydrogen-bond acceptors (Lipinski definition) is 5. The van der Waals surface area contributed by atoms with E-state index in [2.05, 4.69) is 5.32 Å². The maximum absolute atomic E-state index is 12.9. The van der Waals surface area contributed by atoms with Crippen molar-refractivity contribution in [3.8, 4) is 5.75 Å². The molecule has 0 spiro atoms. The molecule has 1 N–H and O–H groups in total. The van der Waals surface area contributed by atoms with Crippen LogP contribution in [-0.2, 0) is 9.59 Å². The number of anilines is 2. The van der Waals surface area contributed by atoms with Crippen molar-refractivity contribution < 1.29 is 19.1 Å².